The van der Waals surface area contributed by atoms with Crippen molar-refractivity contribution in [3.05, 3.63) is 55.4 Å². The standard InChI is InChI=1S/C15H21N5S/c1-5-9-19(10-6-2)13-16-14(18-15(21)17-13)20(11-7-3)12-8-4/h5-8H,1-4,9-12H2,(H,16,17,18,21). The number of nitrogens with one attached hydrogen (secondary N) is 1. The number of aromatic amines is 1. The van der Waals surface area contributed by atoms with E-state index < -0.39 is 0 Å². The number of nitrogens with zero attached hydrogens (tertiary/aromatic N) is 4. The molecule has 0 saturated carbocycles. The molecule has 1 rings (SSSR count). The molecule has 1 aromatic rings. The molecule has 0 aromatic carbocycles. The Morgan fingerprint density at radius 1 is 0.810 bits per heavy atom. The number of H-pyrrole nitrogens is 1. The Hall–Kier alpha value is -2.21. The normalized spacial score (nSPS) is 9.71. The van der Waals surface area contributed by atoms with E-state index >= 15 is 0 Å². The smallest absolute Gasteiger partial charge is 0.225 e. The molecule has 112 valence electrons. The minimum Gasteiger partial charge on any atom is -0.335 e. The average Bonchev–Trinajstić information content (AvgIpc) is 2.46. The fourth-order valence-corrected chi connectivity index (χ4v) is 1.95. The van der Waals surface area contributed by atoms with Crippen LogP contribution in [0.3, 0.4) is 0 Å². The second kappa shape index (κ2) is 8.86. The van der Waals surface area contributed by atoms with Gasteiger partial charge in [-0.25, -0.2) is 0 Å². The molecule has 0 aliphatic heterocycles. The molecule has 1 heterocycles. The Balaban J connectivity index is 3.19. The van der Waals surface area contributed by atoms with Crippen LogP contribution in [0, 0.1) is 4.77 Å². The molecule has 0 saturated heterocycles. The van der Waals surface area contributed by atoms with Crippen LogP contribution in [0.1, 0.15) is 0 Å². The maximum Gasteiger partial charge on any atom is 0.225 e. The summed E-state index contributed by atoms with van der Waals surface area (Å²) in [4.78, 5) is 15.7. The Morgan fingerprint density at radius 2 is 1.14 bits per heavy atom. The zero-order valence-electron chi connectivity index (χ0n) is 12.2. The van der Waals surface area contributed by atoms with Crippen LogP contribution in [0.5, 0.6) is 0 Å². The molecule has 0 bridgehead atoms. The molecule has 6 heteroatoms. The third-order valence-electron chi connectivity index (χ3n) is 2.62. The van der Waals surface area contributed by atoms with E-state index in [1.165, 1.54) is 0 Å². The maximum absolute atomic E-state index is 5.16. The number of rotatable bonds is 10. The summed E-state index contributed by atoms with van der Waals surface area (Å²) in [5.41, 5.74) is 0. The minimum atomic E-state index is 0.287. The third-order valence-corrected chi connectivity index (χ3v) is 2.81. The molecule has 0 atom stereocenters. The number of hydrogen-bond donors (Lipinski definition) is 1. The molecule has 0 radical (unpaired) electrons. The summed E-state index contributed by atoms with van der Waals surface area (Å²) in [6.07, 6.45) is 7.20. The van der Waals surface area contributed by atoms with Crippen LogP contribution in [0.25, 0.3) is 0 Å². The van der Waals surface area contributed by atoms with Gasteiger partial charge in [0.2, 0.25) is 16.7 Å². The predicted molar refractivity (Wildman–Crippen MR) is 92.4 cm³/mol. The van der Waals surface area contributed by atoms with Gasteiger partial charge in [-0.15, -0.1) is 26.3 Å². The van der Waals surface area contributed by atoms with Crippen molar-refractivity contribution in [2.75, 3.05) is 36.0 Å². The van der Waals surface area contributed by atoms with Crippen LogP contribution in [-0.4, -0.2) is 41.1 Å². The molecular formula is C15H21N5S. The quantitative estimate of drug-likeness (QED) is 0.532. The highest BCUT2D eigenvalue weighted by Gasteiger charge is 2.11. The summed E-state index contributed by atoms with van der Waals surface area (Å²) in [5.74, 6) is 1.28. The fraction of sp³-hybridized carbons (Fsp3) is 0.267. The van der Waals surface area contributed by atoms with Crippen molar-refractivity contribution in [1.29, 1.82) is 0 Å². The maximum atomic E-state index is 5.16. The van der Waals surface area contributed by atoms with Gasteiger partial charge in [0.25, 0.3) is 0 Å². The summed E-state index contributed by atoms with van der Waals surface area (Å²) in [7, 11) is 0. The molecule has 0 aliphatic rings. The Bertz CT molecular complexity index is 498. The topological polar surface area (TPSA) is 48.1 Å². The van der Waals surface area contributed by atoms with E-state index in [2.05, 4.69) is 41.3 Å². The Labute approximate surface area is 131 Å². The van der Waals surface area contributed by atoms with Crippen LogP contribution in [0.15, 0.2) is 50.6 Å². The molecule has 0 amide bonds. The Kier molecular flexibility index (Phi) is 7.11. The lowest BCUT2D eigenvalue weighted by Gasteiger charge is -2.24. The van der Waals surface area contributed by atoms with Crippen LogP contribution >= 0.6 is 12.2 Å². The minimum absolute atomic E-state index is 0.287. The molecule has 0 spiro atoms. The van der Waals surface area contributed by atoms with Gasteiger partial charge in [0, 0.05) is 26.2 Å². The van der Waals surface area contributed by atoms with Crippen molar-refractivity contribution >= 4 is 24.1 Å². The highest BCUT2D eigenvalue weighted by Crippen LogP contribution is 2.13. The van der Waals surface area contributed by atoms with Gasteiger partial charge in [-0.2, -0.15) is 9.97 Å². The Morgan fingerprint density at radius 3 is 1.43 bits per heavy atom. The van der Waals surface area contributed by atoms with E-state index in [9.17, 15) is 0 Å². The summed E-state index contributed by atoms with van der Waals surface area (Å²) >= 11 is 5.16. The van der Waals surface area contributed by atoms with Crippen molar-refractivity contribution in [3.63, 3.8) is 0 Å². The second-order valence-electron chi connectivity index (χ2n) is 4.24. The van der Waals surface area contributed by atoms with Gasteiger partial charge < -0.3 is 9.80 Å². The van der Waals surface area contributed by atoms with E-state index in [1.807, 2.05) is 9.80 Å². The van der Waals surface area contributed by atoms with Gasteiger partial charge in [-0.05, 0) is 12.2 Å². The lowest BCUT2D eigenvalue weighted by atomic mass is 10.4. The predicted octanol–water partition coefficient (Wildman–Crippen LogP) is 2.89. The zero-order chi connectivity index (χ0) is 15.7. The first-order valence-electron chi connectivity index (χ1n) is 6.58. The van der Waals surface area contributed by atoms with E-state index in [4.69, 9.17) is 12.2 Å². The van der Waals surface area contributed by atoms with Gasteiger partial charge in [0.05, 0.1) is 0 Å². The van der Waals surface area contributed by atoms with E-state index in [1.54, 1.807) is 24.3 Å². The SMILES string of the molecule is C=CCN(CC=C)c1nc(=S)nc(N(CC=C)CC=C)[nH]1. The molecule has 21 heavy (non-hydrogen) atoms. The van der Waals surface area contributed by atoms with Crippen LogP contribution in [0.2, 0.25) is 0 Å². The fourth-order valence-electron chi connectivity index (χ4n) is 1.78. The summed E-state index contributed by atoms with van der Waals surface area (Å²) in [6, 6.07) is 0. The first kappa shape index (κ1) is 16.8. The lowest BCUT2D eigenvalue weighted by molar-refractivity contribution is 0.825. The number of hydrogen-bond acceptors (Lipinski definition) is 5. The largest absolute Gasteiger partial charge is 0.335 e. The number of aromatic nitrogens is 3. The summed E-state index contributed by atoms with van der Waals surface area (Å²) in [5, 5.41) is 0. The van der Waals surface area contributed by atoms with Crippen molar-refractivity contribution in [2.45, 2.75) is 0 Å². The van der Waals surface area contributed by atoms with Gasteiger partial charge in [0.15, 0.2) is 0 Å². The molecule has 5 nitrogen and oxygen atoms in total. The summed E-state index contributed by atoms with van der Waals surface area (Å²) < 4.78 is 0.287. The van der Waals surface area contributed by atoms with Gasteiger partial charge in [-0.1, -0.05) is 24.3 Å². The lowest BCUT2D eigenvalue weighted by Crippen LogP contribution is -2.29. The summed E-state index contributed by atoms with van der Waals surface area (Å²) in [6.45, 7) is 17.5. The van der Waals surface area contributed by atoms with Crippen molar-refractivity contribution in [3.8, 4) is 0 Å². The van der Waals surface area contributed by atoms with E-state index in [0.717, 1.165) is 0 Å². The van der Waals surface area contributed by atoms with Crippen molar-refractivity contribution in [2.24, 2.45) is 0 Å². The van der Waals surface area contributed by atoms with Crippen molar-refractivity contribution < 1.29 is 0 Å². The first-order valence-corrected chi connectivity index (χ1v) is 6.98. The van der Waals surface area contributed by atoms with Crippen LogP contribution < -0.4 is 9.80 Å². The monoisotopic (exact) mass is 303 g/mol. The zero-order valence-corrected chi connectivity index (χ0v) is 13.0. The molecular weight excluding hydrogens is 282 g/mol. The number of anilines is 2. The third kappa shape index (κ3) is 5.00. The van der Waals surface area contributed by atoms with E-state index in [0.29, 0.717) is 38.1 Å². The van der Waals surface area contributed by atoms with Crippen LogP contribution in [-0.2, 0) is 0 Å². The first-order chi connectivity index (χ1) is 10.2. The highest BCUT2D eigenvalue weighted by molar-refractivity contribution is 7.71. The molecule has 1 N–H and O–H groups in total. The molecule has 0 fully saturated rings. The van der Waals surface area contributed by atoms with Gasteiger partial charge in [-0.3, -0.25) is 4.98 Å². The molecule has 0 aliphatic carbocycles. The highest BCUT2D eigenvalue weighted by atomic mass is 32.1. The molecule has 0 unspecified atom stereocenters. The van der Waals surface area contributed by atoms with Crippen LogP contribution in [0.4, 0.5) is 11.9 Å². The van der Waals surface area contributed by atoms with Crippen molar-refractivity contribution in [1.82, 2.24) is 15.0 Å². The van der Waals surface area contributed by atoms with Gasteiger partial charge in [0.1, 0.15) is 0 Å². The van der Waals surface area contributed by atoms with E-state index in [-0.39, 0.29) is 4.77 Å². The van der Waals surface area contributed by atoms with Gasteiger partial charge >= 0.3 is 0 Å². The molecule has 1 aromatic heterocycles. The second-order valence-corrected chi connectivity index (χ2v) is 4.61. The average molecular weight is 303 g/mol.